The lowest BCUT2D eigenvalue weighted by atomic mass is 10.0. The van der Waals surface area contributed by atoms with E-state index in [-0.39, 0.29) is 23.8 Å². The average Bonchev–Trinajstić information content (AvgIpc) is 2.53. The number of nitrogens with one attached hydrogen (secondary N) is 1. The van der Waals surface area contributed by atoms with Crippen LogP contribution in [0.4, 0.5) is 5.69 Å². The van der Waals surface area contributed by atoms with Gasteiger partial charge < -0.3 is 16.0 Å². The fraction of sp³-hybridized carbons (Fsp3) is 0.556. The molecule has 2 unspecified atom stereocenters. The van der Waals surface area contributed by atoms with E-state index in [1.54, 1.807) is 31.2 Å². The lowest BCUT2D eigenvalue weighted by molar-refractivity contribution is -0.119. The van der Waals surface area contributed by atoms with Gasteiger partial charge in [0.15, 0.2) is 0 Å². The van der Waals surface area contributed by atoms with E-state index in [9.17, 15) is 9.59 Å². The molecule has 2 atom stereocenters. The number of nitrogens with zero attached hydrogens (tertiary/aromatic N) is 1. The molecule has 0 aromatic heterocycles. The topological polar surface area (TPSA) is 75.4 Å². The fourth-order valence-corrected chi connectivity index (χ4v) is 2.23. The van der Waals surface area contributed by atoms with E-state index in [1.165, 1.54) is 0 Å². The van der Waals surface area contributed by atoms with Crippen LogP contribution in [0.15, 0.2) is 24.3 Å². The van der Waals surface area contributed by atoms with Gasteiger partial charge in [-0.15, -0.1) is 0 Å². The van der Waals surface area contributed by atoms with E-state index < -0.39 is 0 Å². The largest absolute Gasteiger partial charge is 0.339 e. The number of amides is 2. The molecule has 0 saturated heterocycles. The Labute approximate surface area is 139 Å². The van der Waals surface area contributed by atoms with Crippen molar-refractivity contribution in [2.45, 2.75) is 46.6 Å². The summed E-state index contributed by atoms with van der Waals surface area (Å²) in [6.07, 6.45) is 1.88. The molecule has 1 aromatic carbocycles. The minimum atomic E-state index is -0.263. The SMILES string of the molecule is CCCN(CCC)C(=O)c1ccc(NC(=O)C(C)C(C)N)cc1. The quantitative estimate of drug-likeness (QED) is 0.773. The second-order valence-electron chi connectivity index (χ2n) is 6.01. The second-order valence-corrected chi connectivity index (χ2v) is 6.01. The van der Waals surface area contributed by atoms with Gasteiger partial charge in [-0.2, -0.15) is 0 Å². The van der Waals surface area contributed by atoms with E-state index in [2.05, 4.69) is 19.2 Å². The van der Waals surface area contributed by atoms with E-state index in [4.69, 9.17) is 5.73 Å². The molecule has 0 aliphatic carbocycles. The molecule has 5 heteroatoms. The maximum absolute atomic E-state index is 12.5. The van der Waals surface area contributed by atoms with Gasteiger partial charge in [0.25, 0.3) is 5.91 Å². The summed E-state index contributed by atoms with van der Waals surface area (Å²) in [5.74, 6) is -0.339. The zero-order valence-electron chi connectivity index (χ0n) is 14.6. The molecule has 0 saturated carbocycles. The molecular weight excluding hydrogens is 290 g/mol. The molecule has 1 rings (SSSR count). The molecular formula is C18H29N3O2. The van der Waals surface area contributed by atoms with Crippen LogP contribution in [-0.4, -0.2) is 35.8 Å². The molecule has 23 heavy (non-hydrogen) atoms. The summed E-state index contributed by atoms with van der Waals surface area (Å²) >= 11 is 0. The minimum Gasteiger partial charge on any atom is -0.339 e. The first kappa shape index (κ1) is 19.2. The molecule has 0 aliphatic rings. The van der Waals surface area contributed by atoms with E-state index in [1.807, 2.05) is 11.8 Å². The number of hydrogen-bond donors (Lipinski definition) is 2. The summed E-state index contributed by atoms with van der Waals surface area (Å²) in [6.45, 7) is 9.25. The van der Waals surface area contributed by atoms with Gasteiger partial charge in [-0.3, -0.25) is 9.59 Å². The van der Waals surface area contributed by atoms with Gasteiger partial charge >= 0.3 is 0 Å². The summed E-state index contributed by atoms with van der Waals surface area (Å²) in [6, 6.07) is 6.83. The van der Waals surface area contributed by atoms with E-state index >= 15 is 0 Å². The molecule has 0 aliphatic heterocycles. The summed E-state index contributed by atoms with van der Waals surface area (Å²) in [5.41, 5.74) is 7.05. The summed E-state index contributed by atoms with van der Waals surface area (Å²) in [5, 5.41) is 2.82. The van der Waals surface area contributed by atoms with Gasteiger partial charge in [-0.05, 0) is 44.0 Å². The molecule has 3 N–H and O–H groups in total. The predicted octanol–water partition coefficient (Wildman–Crippen LogP) is 2.87. The van der Waals surface area contributed by atoms with Crippen LogP contribution in [-0.2, 0) is 4.79 Å². The third-order valence-corrected chi connectivity index (χ3v) is 3.88. The molecule has 0 bridgehead atoms. The normalized spacial score (nSPS) is 13.3. The number of nitrogens with two attached hydrogens (primary N) is 1. The molecule has 128 valence electrons. The number of carbonyl (C=O) groups is 2. The number of benzene rings is 1. The summed E-state index contributed by atoms with van der Waals surface area (Å²) in [7, 11) is 0. The molecule has 0 fully saturated rings. The predicted molar refractivity (Wildman–Crippen MR) is 94.4 cm³/mol. The Hall–Kier alpha value is -1.88. The van der Waals surface area contributed by atoms with Gasteiger partial charge in [0.05, 0.1) is 5.92 Å². The van der Waals surface area contributed by atoms with Crippen LogP contribution in [0.1, 0.15) is 50.9 Å². The molecule has 2 amide bonds. The zero-order chi connectivity index (χ0) is 17.4. The van der Waals surface area contributed by atoms with Crippen molar-refractivity contribution in [3.8, 4) is 0 Å². The van der Waals surface area contributed by atoms with Gasteiger partial charge in [0, 0.05) is 30.4 Å². The van der Waals surface area contributed by atoms with Gasteiger partial charge in [-0.25, -0.2) is 0 Å². The summed E-state index contributed by atoms with van der Waals surface area (Å²) < 4.78 is 0. The lowest BCUT2D eigenvalue weighted by Gasteiger charge is -2.21. The van der Waals surface area contributed by atoms with Crippen molar-refractivity contribution in [3.63, 3.8) is 0 Å². The molecule has 0 radical (unpaired) electrons. The highest BCUT2D eigenvalue weighted by molar-refractivity contribution is 5.96. The first-order valence-electron chi connectivity index (χ1n) is 8.36. The Morgan fingerprint density at radius 3 is 2.04 bits per heavy atom. The van der Waals surface area contributed by atoms with Crippen LogP contribution in [0.5, 0.6) is 0 Å². The maximum Gasteiger partial charge on any atom is 0.253 e. The highest BCUT2D eigenvalue weighted by Crippen LogP contribution is 2.14. The monoisotopic (exact) mass is 319 g/mol. The summed E-state index contributed by atoms with van der Waals surface area (Å²) in [4.78, 5) is 26.3. The maximum atomic E-state index is 12.5. The first-order valence-corrected chi connectivity index (χ1v) is 8.36. The number of anilines is 1. The van der Waals surface area contributed by atoms with Crippen LogP contribution < -0.4 is 11.1 Å². The van der Waals surface area contributed by atoms with Crippen LogP contribution >= 0.6 is 0 Å². The van der Waals surface area contributed by atoms with Crippen LogP contribution in [0, 0.1) is 5.92 Å². The lowest BCUT2D eigenvalue weighted by Crippen LogP contribution is -2.34. The number of hydrogen-bond acceptors (Lipinski definition) is 3. The van der Waals surface area contributed by atoms with Crippen molar-refractivity contribution in [1.29, 1.82) is 0 Å². The van der Waals surface area contributed by atoms with Crippen LogP contribution in [0.2, 0.25) is 0 Å². The number of rotatable bonds is 8. The van der Waals surface area contributed by atoms with Crippen molar-refractivity contribution >= 4 is 17.5 Å². The Morgan fingerprint density at radius 1 is 1.09 bits per heavy atom. The third kappa shape index (κ3) is 5.67. The van der Waals surface area contributed by atoms with Crippen LogP contribution in [0.3, 0.4) is 0 Å². The average molecular weight is 319 g/mol. The van der Waals surface area contributed by atoms with Crippen LogP contribution in [0.25, 0.3) is 0 Å². The minimum absolute atomic E-state index is 0.0375. The van der Waals surface area contributed by atoms with Gasteiger partial charge in [-0.1, -0.05) is 20.8 Å². The molecule has 5 nitrogen and oxygen atoms in total. The first-order chi connectivity index (χ1) is 10.9. The zero-order valence-corrected chi connectivity index (χ0v) is 14.6. The third-order valence-electron chi connectivity index (χ3n) is 3.88. The Morgan fingerprint density at radius 2 is 1.61 bits per heavy atom. The molecule has 0 spiro atoms. The standard InChI is InChI=1S/C18H29N3O2/c1-5-11-21(12-6-2)18(23)15-7-9-16(10-8-15)20-17(22)13(3)14(4)19/h7-10,13-14H,5-6,11-12,19H2,1-4H3,(H,20,22). The van der Waals surface area contributed by atoms with Crippen molar-refractivity contribution in [3.05, 3.63) is 29.8 Å². The molecule has 0 heterocycles. The van der Waals surface area contributed by atoms with E-state index in [0.717, 1.165) is 25.9 Å². The Bertz CT molecular complexity index is 506. The highest BCUT2D eigenvalue weighted by Gasteiger charge is 2.18. The van der Waals surface area contributed by atoms with Crippen molar-refractivity contribution in [2.75, 3.05) is 18.4 Å². The smallest absolute Gasteiger partial charge is 0.253 e. The van der Waals surface area contributed by atoms with Crippen molar-refractivity contribution in [2.24, 2.45) is 11.7 Å². The van der Waals surface area contributed by atoms with Crippen molar-refractivity contribution in [1.82, 2.24) is 4.90 Å². The van der Waals surface area contributed by atoms with E-state index in [0.29, 0.717) is 11.3 Å². The highest BCUT2D eigenvalue weighted by atomic mass is 16.2. The van der Waals surface area contributed by atoms with Gasteiger partial charge in [0.1, 0.15) is 0 Å². The Kier molecular flexibility index (Phi) is 7.75. The fourth-order valence-electron chi connectivity index (χ4n) is 2.23. The number of carbonyl (C=O) groups excluding carboxylic acids is 2. The molecule has 1 aromatic rings. The van der Waals surface area contributed by atoms with Crippen molar-refractivity contribution < 1.29 is 9.59 Å². The Balaban J connectivity index is 2.75. The second kappa shape index (κ2) is 9.30. The van der Waals surface area contributed by atoms with Gasteiger partial charge in [0.2, 0.25) is 5.91 Å².